The van der Waals surface area contributed by atoms with Crippen molar-refractivity contribution in [2.75, 3.05) is 6.54 Å². The van der Waals surface area contributed by atoms with Gasteiger partial charge in [-0.2, -0.15) is 0 Å². The Morgan fingerprint density at radius 1 is 0.864 bits per heavy atom. The molecule has 0 aliphatic rings. The molecule has 0 aliphatic carbocycles. The number of nitrogens with zero attached hydrogens (tertiary/aromatic N) is 2. The molecule has 0 spiro atoms. The number of nitrogens with one attached hydrogen (secondary N) is 2. The number of carbonyl (C=O) groups excluding carboxylic acids is 1. The van der Waals surface area contributed by atoms with Gasteiger partial charge in [0.2, 0.25) is 0 Å². The minimum absolute atomic E-state index is 0.135. The number of β-amino-alcohol motifs (C(OH)–C–C–N with tert-alkyl or cyclic N) is 1. The number of rotatable bonds is 11. The van der Waals surface area contributed by atoms with Gasteiger partial charge in [-0.1, -0.05) is 48.5 Å². The van der Waals surface area contributed by atoms with E-state index >= 15 is 0 Å². The fourth-order valence-corrected chi connectivity index (χ4v) is 5.44. The summed E-state index contributed by atoms with van der Waals surface area (Å²) in [6.45, 7) is 9.05. The number of aryl methyl sites for hydroxylation is 2. The van der Waals surface area contributed by atoms with Gasteiger partial charge in [0.05, 0.1) is 6.10 Å². The average Bonchev–Trinajstić information content (AvgIpc) is 3.36. The van der Waals surface area contributed by atoms with Crippen LogP contribution in [0.2, 0.25) is 0 Å². The number of carbonyl (C=O) groups is 1. The van der Waals surface area contributed by atoms with Gasteiger partial charge >= 0.3 is 0 Å². The summed E-state index contributed by atoms with van der Waals surface area (Å²) in [4.78, 5) is 17.6. The van der Waals surface area contributed by atoms with Crippen LogP contribution in [-0.4, -0.2) is 37.8 Å². The number of aromatic nitrogens is 2. The Labute approximate surface area is 259 Å². The minimum Gasteiger partial charge on any atom is -0.508 e. The summed E-state index contributed by atoms with van der Waals surface area (Å²) >= 11 is 0. The summed E-state index contributed by atoms with van der Waals surface area (Å²) in [6, 6.07) is 30.7. The Bertz CT molecular complexity index is 1700. The molecule has 7 nitrogen and oxygen atoms in total. The van der Waals surface area contributed by atoms with Gasteiger partial charge < -0.3 is 25.4 Å². The van der Waals surface area contributed by atoms with E-state index in [1.165, 1.54) is 0 Å². The zero-order chi connectivity index (χ0) is 31.3. The predicted molar refractivity (Wildman–Crippen MR) is 175 cm³/mol. The lowest BCUT2D eigenvalue weighted by Crippen LogP contribution is -2.43. The normalized spacial score (nSPS) is 12.2. The molecule has 2 heterocycles. The fraction of sp³-hybridized carbons (Fsp3) is 0.243. The summed E-state index contributed by atoms with van der Waals surface area (Å²) < 4.78 is 2.09. The van der Waals surface area contributed by atoms with E-state index in [0.29, 0.717) is 25.1 Å². The number of phenols is 1. The fourth-order valence-electron chi connectivity index (χ4n) is 5.44. The van der Waals surface area contributed by atoms with Gasteiger partial charge in [-0.3, -0.25) is 4.79 Å². The number of hydrogen-bond donors (Lipinski definition) is 4. The maximum Gasteiger partial charge on any atom is 0.251 e. The second-order valence-corrected chi connectivity index (χ2v) is 12.0. The molecule has 0 radical (unpaired) electrons. The number of aliphatic hydroxyl groups excluding tert-OH is 1. The third-order valence-corrected chi connectivity index (χ3v) is 7.85. The van der Waals surface area contributed by atoms with Crippen LogP contribution < -0.4 is 10.6 Å². The molecule has 4 N–H and O–H groups in total. The third-order valence-electron chi connectivity index (χ3n) is 7.85. The van der Waals surface area contributed by atoms with Crippen LogP contribution in [0.3, 0.4) is 0 Å². The van der Waals surface area contributed by atoms with Crippen LogP contribution in [-0.2, 0) is 13.0 Å². The molecule has 5 aromatic rings. The molecule has 1 amide bonds. The first-order valence-electron chi connectivity index (χ1n) is 14.9. The van der Waals surface area contributed by atoms with Crippen molar-refractivity contribution in [2.24, 2.45) is 0 Å². The summed E-state index contributed by atoms with van der Waals surface area (Å²) in [5.41, 5.74) is 7.31. The van der Waals surface area contributed by atoms with E-state index in [9.17, 15) is 15.0 Å². The zero-order valence-electron chi connectivity index (χ0n) is 25.7. The van der Waals surface area contributed by atoms with Gasteiger partial charge in [0.15, 0.2) is 0 Å². The van der Waals surface area contributed by atoms with Gasteiger partial charge in [0, 0.05) is 47.3 Å². The van der Waals surface area contributed by atoms with Gasteiger partial charge in [-0.15, -0.1) is 0 Å². The van der Waals surface area contributed by atoms with Gasteiger partial charge in [-0.05, 0) is 105 Å². The molecule has 3 aromatic carbocycles. The van der Waals surface area contributed by atoms with Crippen LogP contribution >= 0.6 is 0 Å². The van der Waals surface area contributed by atoms with Gasteiger partial charge in [0.25, 0.3) is 5.91 Å². The number of amides is 1. The van der Waals surface area contributed by atoms with Crippen molar-refractivity contribution in [3.8, 4) is 22.7 Å². The van der Waals surface area contributed by atoms with Crippen LogP contribution in [0, 0.1) is 13.8 Å². The lowest BCUT2D eigenvalue weighted by molar-refractivity contribution is 0.0950. The summed E-state index contributed by atoms with van der Waals surface area (Å²) in [5.74, 6) is 0.929. The Kier molecular flexibility index (Phi) is 9.28. The van der Waals surface area contributed by atoms with Gasteiger partial charge in [0.1, 0.15) is 11.6 Å². The standard InChI is InChI=1S/C37H40N4O3/c1-25-11-12-26(2)41(25)35-18-15-32(23-38-35)34(43)24-40-37(3,4)21-27-7-5-10-31(19-27)36(44)39-22-28-8-6-9-30(20-28)29-13-16-33(42)17-14-29/h5-20,23,34,40,42-43H,21-22,24H2,1-4H3,(H,39,44)/t34-/m0/s1. The Morgan fingerprint density at radius 3 is 2.27 bits per heavy atom. The molecule has 5 rings (SSSR count). The van der Waals surface area contributed by atoms with E-state index in [1.807, 2.05) is 86.6 Å². The second kappa shape index (κ2) is 13.3. The molecular formula is C37H40N4O3. The average molecular weight is 589 g/mol. The summed E-state index contributed by atoms with van der Waals surface area (Å²) in [7, 11) is 0. The number of pyridine rings is 1. The highest BCUT2D eigenvalue weighted by atomic mass is 16.3. The van der Waals surface area contributed by atoms with Gasteiger partial charge in [-0.25, -0.2) is 4.98 Å². The molecule has 0 fully saturated rings. The van der Waals surface area contributed by atoms with E-state index in [0.717, 1.165) is 45.0 Å². The minimum atomic E-state index is -0.702. The molecule has 7 heteroatoms. The second-order valence-electron chi connectivity index (χ2n) is 12.0. The van der Waals surface area contributed by atoms with E-state index < -0.39 is 6.10 Å². The lowest BCUT2D eigenvalue weighted by Gasteiger charge is -2.28. The number of hydrogen-bond acceptors (Lipinski definition) is 5. The van der Waals surface area contributed by atoms with Crippen molar-refractivity contribution in [1.82, 2.24) is 20.2 Å². The van der Waals surface area contributed by atoms with Crippen LogP contribution in [0.25, 0.3) is 16.9 Å². The highest BCUT2D eigenvalue weighted by molar-refractivity contribution is 5.94. The first-order valence-corrected chi connectivity index (χ1v) is 14.9. The summed E-state index contributed by atoms with van der Waals surface area (Å²) in [5, 5.41) is 27.0. The summed E-state index contributed by atoms with van der Waals surface area (Å²) in [6.07, 6.45) is 1.71. The van der Waals surface area contributed by atoms with E-state index in [4.69, 9.17) is 0 Å². The van der Waals surface area contributed by atoms with E-state index in [-0.39, 0.29) is 17.2 Å². The number of benzene rings is 3. The molecule has 0 saturated carbocycles. The van der Waals surface area contributed by atoms with E-state index in [1.54, 1.807) is 18.3 Å². The Hall–Kier alpha value is -4.72. The molecule has 226 valence electrons. The molecule has 2 aromatic heterocycles. The van der Waals surface area contributed by atoms with Crippen LogP contribution in [0.5, 0.6) is 5.75 Å². The topological polar surface area (TPSA) is 99.4 Å². The van der Waals surface area contributed by atoms with Crippen molar-refractivity contribution in [3.63, 3.8) is 0 Å². The molecule has 0 saturated heterocycles. The quantitative estimate of drug-likeness (QED) is 0.142. The van der Waals surface area contributed by atoms with Crippen LogP contribution in [0.15, 0.2) is 103 Å². The Balaban J connectivity index is 1.15. The van der Waals surface area contributed by atoms with Crippen LogP contribution in [0.1, 0.15) is 58.4 Å². The smallest absolute Gasteiger partial charge is 0.251 e. The molecular weight excluding hydrogens is 548 g/mol. The predicted octanol–water partition coefficient (Wildman–Crippen LogP) is 6.44. The Morgan fingerprint density at radius 2 is 1.57 bits per heavy atom. The highest BCUT2D eigenvalue weighted by Gasteiger charge is 2.21. The first kappa shape index (κ1) is 30.7. The molecule has 0 aliphatic heterocycles. The van der Waals surface area contributed by atoms with Crippen molar-refractivity contribution in [1.29, 1.82) is 0 Å². The first-order chi connectivity index (χ1) is 21.1. The third kappa shape index (κ3) is 7.61. The largest absolute Gasteiger partial charge is 0.508 e. The number of aliphatic hydroxyl groups is 1. The van der Waals surface area contributed by atoms with Crippen molar-refractivity contribution in [3.05, 3.63) is 137 Å². The SMILES string of the molecule is Cc1ccc(C)n1-c1ccc([C@@H](O)CNC(C)(C)Cc2cccc(C(=O)NCc3cccc(-c4ccc(O)cc4)c3)c2)cn1. The maximum atomic E-state index is 13.0. The zero-order valence-corrected chi connectivity index (χ0v) is 25.7. The van der Waals surface area contributed by atoms with Crippen molar-refractivity contribution < 1.29 is 15.0 Å². The number of aromatic hydroxyl groups is 1. The van der Waals surface area contributed by atoms with E-state index in [2.05, 4.69) is 46.2 Å². The monoisotopic (exact) mass is 588 g/mol. The molecule has 0 unspecified atom stereocenters. The molecule has 1 atom stereocenters. The molecule has 0 bridgehead atoms. The van der Waals surface area contributed by atoms with Crippen LogP contribution in [0.4, 0.5) is 0 Å². The molecule has 44 heavy (non-hydrogen) atoms. The van der Waals surface area contributed by atoms with Crippen molar-refractivity contribution in [2.45, 2.75) is 52.3 Å². The number of phenolic OH excluding ortho intramolecular Hbond substituents is 1. The highest BCUT2D eigenvalue weighted by Crippen LogP contribution is 2.23. The van der Waals surface area contributed by atoms with Crippen molar-refractivity contribution >= 4 is 5.91 Å². The maximum absolute atomic E-state index is 13.0. The lowest BCUT2D eigenvalue weighted by atomic mass is 9.93.